The van der Waals surface area contributed by atoms with Gasteiger partial charge in [-0.25, -0.2) is 4.98 Å². The second-order valence-corrected chi connectivity index (χ2v) is 2.16. The number of aromatic nitrogens is 2. The summed E-state index contributed by atoms with van der Waals surface area (Å²) >= 11 is 7.21. The van der Waals surface area contributed by atoms with Crippen LogP contribution in [0.3, 0.4) is 0 Å². The van der Waals surface area contributed by atoms with Gasteiger partial charge in [0.25, 0.3) is 0 Å². The summed E-state index contributed by atoms with van der Waals surface area (Å²) in [7, 11) is 0. The molecule has 0 spiro atoms. The zero-order valence-electron chi connectivity index (χ0n) is 4.48. The molecule has 0 radical (unpaired) electrons. The Morgan fingerprint density at radius 3 is 2.44 bits per heavy atom. The van der Waals surface area contributed by atoms with Crippen LogP contribution in [0.25, 0.3) is 0 Å². The number of aliphatic hydroxyl groups is 1. The van der Waals surface area contributed by atoms with E-state index in [1.807, 2.05) is 0 Å². The summed E-state index contributed by atoms with van der Waals surface area (Å²) < 4.78 is -0.306. The maximum atomic E-state index is 7.65. The van der Waals surface area contributed by atoms with Crippen LogP contribution in [-0.2, 0) is 0 Å². The first-order valence-electron chi connectivity index (χ1n) is 2.08. The van der Waals surface area contributed by atoms with Gasteiger partial charge in [0.1, 0.15) is 0 Å². The number of imidazole rings is 1. The quantitative estimate of drug-likeness (QED) is 0.396. The molecule has 0 fully saturated rings. The largest absolute Gasteiger partial charge is 0.494 e. The fraction of sp³-hybridized carbons (Fsp3) is 0. The van der Waals surface area contributed by atoms with Gasteiger partial charge in [0.05, 0.1) is 6.33 Å². The van der Waals surface area contributed by atoms with E-state index in [1.165, 1.54) is 0 Å². The molecule has 2 N–H and O–H groups in total. The van der Waals surface area contributed by atoms with Crippen molar-refractivity contribution in [1.82, 2.24) is 9.97 Å². The molecule has 0 aromatic carbocycles. The number of nitrogens with zero attached hydrogens (tertiary/aromatic N) is 1. The smallest absolute Gasteiger partial charge is 0.214 e. The average Bonchev–Trinajstić information content (AvgIpc) is 2.11. The van der Waals surface area contributed by atoms with Crippen molar-refractivity contribution < 1.29 is 5.11 Å². The topological polar surface area (TPSA) is 48.9 Å². The van der Waals surface area contributed by atoms with Gasteiger partial charge in [-0.1, -0.05) is 12.6 Å². The lowest BCUT2D eigenvalue weighted by molar-refractivity contribution is 0.586. The Labute approximate surface area is 63.5 Å². The number of rotatable bonds is 0. The number of thiol groups is 1. The Kier molecular flexibility index (Phi) is 5.24. The molecule has 0 unspecified atom stereocenters. The molecule has 0 aliphatic carbocycles. The van der Waals surface area contributed by atoms with Crippen molar-refractivity contribution in [2.45, 2.75) is 0 Å². The summed E-state index contributed by atoms with van der Waals surface area (Å²) in [5.74, 6) is 0. The first-order valence-corrected chi connectivity index (χ1v) is 2.93. The van der Waals surface area contributed by atoms with Crippen LogP contribution in [0.5, 0.6) is 0 Å². The van der Waals surface area contributed by atoms with Crippen LogP contribution in [0.2, 0.25) is 0 Å². The number of hydrogen-bond acceptors (Lipinski definition) is 2. The van der Waals surface area contributed by atoms with E-state index >= 15 is 0 Å². The summed E-state index contributed by atoms with van der Waals surface area (Å²) in [4.78, 5) is 6.42. The van der Waals surface area contributed by atoms with Crippen LogP contribution in [0.15, 0.2) is 18.7 Å². The SMILES string of the molecule is OC(=S)S.c1c[nH]cn1. The summed E-state index contributed by atoms with van der Waals surface area (Å²) in [6.45, 7) is 0. The molecule has 1 aromatic heterocycles. The Bertz CT molecular complexity index is 130. The van der Waals surface area contributed by atoms with Gasteiger partial charge >= 0.3 is 0 Å². The van der Waals surface area contributed by atoms with E-state index < -0.39 is 0 Å². The summed E-state index contributed by atoms with van der Waals surface area (Å²) in [5.41, 5.74) is 0. The van der Waals surface area contributed by atoms with Crippen molar-refractivity contribution in [1.29, 1.82) is 0 Å². The number of hydrogen-bond donors (Lipinski definition) is 3. The zero-order chi connectivity index (χ0) is 7.11. The molecule has 0 aliphatic rings. The average molecular weight is 162 g/mol. The molecule has 0 atom stereocenters. The van der Waals surface area contributed by atoms with Crippen LogP contribution in [0.4, 0.5) is 0 Å². The fourth-order valence-corrected chi connectivity index (χ4v) is 0.215. The highest BCUT2D eigenvalue weighted by Crippen LogP contribution is 1.68. The Morgan fingerprint density at radius 1 is 1.78 bits per heavy atom. The van der Waals surface area contributed by atoms with E-state index in [9.17, 15) is 0 Å². The zero-order valence-corrected chi connectivity index (χ0v) is 6.19. The summed E-state index contributed by atoms with van der Waals surface area (Å²) in [6, 6.07) is 0. The van der Waals surface area contributed by atoms with Crippen molar-refractivity contribution in [2.75, 3.05) is 0 Å². The molecular weight excluding hydrogens is 156 g/mol. The van der Waals surface area contributed by atoms with E-state index in [2.05, 4.69) is 34.8 Å². The molecule has 0 saturated heterocycles. The minimum atomic E-state index is -0.306. The van der Waals surface area contributed by atoms with E-state index in [1.54, 1.807) is 18.7 Å². The second kappa shape index (κ2) is 5.58. The maximum Gasteiger partial charge on any atom is 0.214 e. The van der Waals surface area contributed by atoms with E-state index in [0.29, 0.717) is 0 Å². The molecule has 0 aliphatic heterocycles. The highest BCUT2D eigenvalue weighted by Gasteiger charge is 1.59. The summed E-state index contributed by atoms with van der Waals surface area (Å²) in [5, 5.41) is 7.65. The molecule has 50 valence electrons. The third-order valence-electron chi connectivity index (χ3n) is 0.406. The standard InChI is InChI=1S/C3H4N2.CH2OS2/c1-2-5-3-4-1;2-1(3)4/h1-3H,(H,4,5);(H2,2,3,4). The van der Waals surface area contributed by atoms with Crippen LogP contribution < -0.4 is 0 Å². The van der Waals surface area contributed by atoms with Gasteiger partial charge in [0.2, 0.25) is 4.38 Å². The van der Waals surface area contributed by atoms with E-state index in [4.69, 9.17) is 5.11 Å². The lowest BCUT2D eigenvalue weighted by Gasteiger charge is -1.63. The highest BCUT2D eigenvalue weighted by molar-refractivity contribution is 8.10. The van der Waals surface area contributed by atoms with Crippen molar-refractivity contribution in [3.8, 4) is 0 Å². The van der Waals surface area contributed by atoms with Gasteiger partial charge in [-0.05, 0) is 12.2 Å². The predicted molar refractivity (Wildman–Crippen MR) is 42.8 cm³/mol. The Morgan fingerprint density at radius 2 is 2.33 bits per heavy atom. The lowest BCUT2D eigenvalue weighted by atomic mass is 11.0. The monoisotopic (exact) mass is 162 g/mol. The number of thiocarbonyl (C=S) groups is 1. The van der Waals surface area contributed by atoms with Gasteiger partial charge in [0.15, 0.2) is 0 Å². The number of aliphatic hydroxyl groups excluding tert-OH is 1. The van der Waals surface area contributed by atoms with Gasteiger partial charge in [0, 0.05) is 12.4 Å². The fourth-order valence-electron chi connectivity index (χ4n) is 0.215. The molecule has 0 amide bonds. The van der Waals surface area contributed by atoms with Gasteiger partial charge in [-0.3, -0.25) is 0 Å². The molecule has 9 heavy (non-hydrogen) atoms. The number of H-pyrrole nitrogens is 1. The molecule has 3 nitrogen and oxygen atoms in total. The van der Waals surface area contributed by atoms with Crippen LogP contribution in [0, 0.1) is 0 Å². The first-order chi connectivity index (χ1) is 4.23. The van der Waals surface area contributed by atoms with Gasteiger partial charge in [-0.15, -0.1) is 0 Å². The lowest BCUT2D eigenvalue weighted by Crippen LogP contribution is -1.66. The van der Waals surface area contributed by atoms with Crippen LogP contribution >= 0.6 is 24.8 Å². The van der Waals surface area contributed by atoms with E-state index in [-0.39, 0.29) is 4.38 Å². The second-order valence-electron chi connectivity index (χ2n) is 1.04. The van der Waals surface area contributed by atoms with Crippen LogP contribution in [0.1, 0.15) is 0 Å². The number of nitrogens with one attached hydrogen (secondary N) is 1. The minimum absolute atomic E-state index is 0.306. The first kappa shape index (κ1) is 8.45. The molecule has 0 bridgehead atoms. The molecule has 1 rings (SSSR count). The molecule has 1 aromatic rings. The van der Waals surface area contributed by atoms with Crippen molar-refractivity contribution in [3.05, 3.63) is 18.7 Å². The summed E-state index contributed by atoms with van der Waals surface area (Å²) in [6.07, 6.45) is 5.08. The van der Waals surface area contributed by atoms with Crippen LogP contribution in [-0.4, -0.2) is 19.5 Å². The molecule has 5 heteroatoms. The normalized spacial score (nSPS) is 7.22. The third kappa shape index (κ3) is 11.2. The Hall–Kier alpha value is -0.550. The Balaban J connectivity index is 0.000000148. The van der Waals surface area contributed by atoms with Crippen molar-refractivity contribution in [3.63, 3.8) is 0 Å². The minimum Gasteiger partial charge on any atom is -0.494 e. The van der Waals surface area contributed by atoms with Crippen molar-refractivity contribution >= 4 is 29.2 Å². The van der Waals surface area contributed by atoms with E-state index in [0.717, 1.165) is 0 Å². The third-order valence-corrected chi connectivity index (χ3v) is 0.406. The molecule has 0 saturated carbocycles. The number of aromatic amines is 1. The maximum absolute atomic E-state index is 7.65. The molecular formula is C4H6N2OS2. The molecule has 1 heterocycles. The predicted octanol–water partition coefficient (Wildman–Crippen LogP) is 1.17. The van der Waals surface area contributed by atoms with Gasteiger partial charge in [-0.2, -0.15) is 0 Å². The van der Waals surface area contributed by atoms with Gasteiger partial charge < -0.3 is 10.1 Å². The van der Waals surface area contributed by atoms with Crippen molar-refractivity contribution in [2.24, 2.45) is 0 Å². The highest BCUT2D eigenvalue weighted by atomic mass is 32.1.